The van der Waals surface area contributed by atoms with Gasteiger partial charge in [-0.15, -0.1) is 0 Å². The SMILES string of the molecule is O=C([C@@H]1Cc2cc(Cl)cc(-c3ccnc(Nc4ccccc4)c3)c2O1)N1CCNCC1. The van der Waals surface area contributed by atoms with Crippen molar-refractivity contribution in [3.63, 3.8) is 0 Å². The van der Waals surface area contributed by atoms with E-state index < -0.39 is 6.10 Å². The zero-order valence-corrected chi connectivity index (χ0v) is 17.7. The molecule has 158 valence electrons. The molecule has 1 saturated heterocycles. The van der Waals surface area contributed by atoms with Crippen LogP contribution in [0.2, 0.25) is 5.02 Å². The van der Waals surface area contributed by atoms with E-state index in [4.69, 9.17) is 16.3 Å². The molecule has 6 nitrogen and oxygen atoms in total. The van der Waals surface area contributed by atoms with Gasteiger partial charge in [0.05, 0.1) is 0 Å². The average Bonchev–Trinajstić information content (AvgIpc) is 3.23. The van der Waals surface area contributed by atoms with E-state index in [2.05, 4.69) is 15.6 Å². The fourth-order valence-corrected chi connectivity index (χ4v) is 4.34. The van der Waals surface area contributed by atoms with Crippen molar-refractivity contribution in [2.45, 2.75) is 12.5 Å². The molecule has 0 spiro atoms. The van der Waals surface area contributed by atoms with Gasteiger partial charge in [-0.1, -0.05) is 29.8 Å². The molecule has 1 fully saturated rings. The van der Waals surface area contributed by atoms with Gasteiger partial charge in [0, 0.05) is 60.6 Å². The van der Waals surface area contributed by atoms with E-state index in [0.717, 1.165) is 47.0 Å². The predicted molar refractivity (Wildman–Crippen MR) is 122 cm³/mol. The first-order valence-corrected chi connectivity index (χ1v) is 10.8. The summed E-state index contributed by atoms with van der Waals surface area (Å²) in [5.74, 6) is 1.50. The Morgan fingerprint density at radius 3 is 2.74 bits per heavy atom. The van der Waals surface area contributed by atoms with Crippen LogP contribution in [-0.2, 0) is 11.2 Å². The molecular formula is C24H23ClN4O2. The van der Waals surface area contributed by atoms with E-state index in [-0.39, 0.29) is 5.91 Å². The van der Waals surface area contributed by atoms with E-state index >= 15 is 0 Å². The first kappa shape index (κ1) is 19.8. The zero-order valence-electron chi connectivity index (χ0n) is 17.0. The number of anilines is 2. The summed E-state index contributed by atoms with van der Waals surface area (Å²) in [5, 5.41) is 7.22. The summed E-state index contributed by atoms with van der Waals surface area (Å²) in [6, 6.07) is 17.6. The van der Waals surface area contributed by atoms with Crippen LogP contribution in [0.25, 0.3) is 11.1 Å². The van der Waals surface area contributed by atoms with Crippen LogP contribution in [0.3, 0.4) is 0 Å². The van der Waals surface area contributed by atoms with Crippen molar-refractivity contribution in [1.82, 2.24) is 15.2 Å². The molecule has 1 aromatic heterocycles. The molecule has 0 unspecified atom stereocenters. The number of hydrogen-bond acceptors (Lipinski definition) is 5. The number of carbonyl (C=O) groups excluding carboxylic acids is 1. The largest absolute Gasteiger partial charge is 0.479 e. The smallest absolute Gasteiger partial charge is 0.264 e. The Kier molecular flexibility index (Phi) is 5.49. The van der Waals surface area contributed by atoms with Gasteiger partial charge in [-0.3, -0.25) is 4.79 Å². The number of amides is 1. The molecule has 0 aliphatic carbocycles. The average molecular weight is 435 g/mol. The molecular weight excluding hydrogens is 412 g/mol. The van der Waals surface area contributed by atoms with Crippen LogP contribution in [0, 0.1) is 0 Å². The number of halogens is 1. The number of rotatable bonds is 4. The number of benzene rings is 2. The van der Waals surface area contributed by atoms with Crippen molar-refractivity contribution >= 4 is 29.0 Å². The number of ether oxygens (including phenoxy) is 1. The molecule has 1 amide bonds. The number of nitrogens with zero attached hydrogens (tertiary/aromatic N) is 2. The molecule has 7 heteroatoms. The summed E-state index contributed by atoms with van der Waals surface area (Å²) in [6.07, 6.45) is 1.78. The van der Waals surface area contributed by atoms with Crippen LogP contribution < -0.4 is 15.4 Å². The Morgan fingerprint density at radius 2 is 1.94 bits per heavy atom. The molecule has 2 aliphatic heterocycles. The lowest BCUT2D eigenvalue weighted by molar-refractivity contribution is -0.138. The maximum absolute atomic E-state index is 13.0. The molecule has 0 saturated carbocycles. The number of hydrogen-bond donors (Lipinski definition) is 2. The fraction of sp³-hybridized carbons (Fsp3) is 0.250. The van der Waals surface area contributed by atoms with Crippen molar-refractivity contribution in [3.05, 3.63) is 71.4 Å². The van der Waals surface area contributed by atoms with Gasteiger partial charge < -0.3 is 20.3 Å². The van der Waals surface area contributed by atoms with E-state index in [1.165, 1.54) is 0 Å². The molecule has 2 N–H and O–H groups in total. The van der Waals surface area contributed by atoms with Crippen molar-refractivity contribution < 1.29 is 9.53 Å². The molecule has 0 bridgehead atoms. The number of carbonyl (C=O) groups is 1. The second-order valence-electron chi connectivity index (χ2n) is 7.75. The van der Waals surface area contributed by atoms with E-state index in [1.807, 2.05) is 59.5 Å². The van der Waals surface area contributed by atoms with Gasteiger partial charge in [-0.25, -0.2) is 4.98 Å². The second-order valence-corrected chi connectivity index (χ2v) is 8.18. The number of pyridine rings is 1. The highest BCUT2D eigenvalue weighted by Crippen LogP contribution is 2.42. The minimum atomic E-state index is -0.505. The lowest BCUT2D eigenvalue weighted by atomic mass is 10.0. The lowest BCUT2D eigenvalue weighted by Gasteiger charge is -2.29. The normalized spacial score (nSPS) is 17.7. The molecule has 3 heterocycles. The first-order chi connectivity index (χ1) is 15.2. The van der Waals surface area contributed by atoms with E-state index in [9.17, 15) is 4.79 Å². The van der Waals surface area contributed by atoms with Crippen LogP contribution >= 0.6 is 11.6 Å². The minimum Gasteiger partial charge on any atom is -0.479 e. The quantitative estimate of drug-likeness (QED) is 0.652. The van der Waals surface area contributed by atoms with Crippen LogP contribution in [0.5, 0.6) is 5.75 Å². The Balaban J connectivity index is 1.42. The van der Waals surface area contributed by atoms with Crippen LogP contribution in [0.15, 0.2) is 60.8 Å². The molecule has 5 rings (SSSR count). The molecule has 1 atom stereocenters. The van der Waals surface area contributed by atoms with Gasteiger partial charge in [0.1, 0.15) is 11.6 Å². The van der Waals surface area contributed by atoms with Crippen molar-refractivity contribution in [1.29, 1.82) is 0 Å². The molecule has 2 aromatic carbocycles. The zero-order chi connectivity index (χ0) is 21.2. The molecule has 2 aliphatic rings. The van der Waals surface area contributed by atoms with Gasteiger partial charge in [0.25, 0.3) is 5.91 Å². The molecule has 0 radical (unpaired) electrons. The summed E-state index contributed by atoms with van der Waals surface area (Å²) in [6.45, 7) is 3.05. The molecule has 3 aromatic rings. The highest BCUT2D eigenvalue weighted by molar-refractivity contribution is 6.31. The standard InChI is InChI=1S/C24H23ClN4O2/c25-18-12-17-13-21(24(30)29-10-8-26-9-11-29)31-23(17)20(15-18)16-6-7-27-22(14-16)28-19-4-2-1-3-5-19/h1-7,12,14-15,21,26H,8-11,13H2,(H,27,28)/t21-/m0/s1. The van der Waals surface area contributed by atoms with Gasteiger partial charge in [-0.2, -0.15) is 0 Å². The second kappa shape index (κ2) is 8.57. The topological polar surface area (TPSA) is 66.5 Å². The lowest BCUT2D eigenvalue weighted by Crippen LogP contribution is -2.50. The number of fused-ring (bicyclic) bond motifs is 1. The highest BCUT2D eigenvalue weighted by atomic mass is 35.5. The van der Waals surface area contributed by atoms with Gasteiger partial charge >= 0.3 is 0 Å². The Hall–Kier alpha value is -3.09. The Morgan fingerprint density at radius 1 is 1.13 bits per heavy atom. The maximum Gasteiger partial charge on any atom is 0.264 e. The third-order valence-corrected chi connectivity index (χ3v) is 5.84. The fourth-order valence-electron chi connectivity index (χ4n) is 4.10. The van der Waals surface area contributed by atoms with Crippen LogP contribution in [0.4, 0.5) is 11.5 Å². The highest BCUT2D eigenvalue weighted by Gasteiger charge is 2.34. The predicted octanol–water partition coefficient (Wildman–Crippen LogP) is 3.88. The third-order valence-electron chi connectivity index (χ3n) is 5.62. The van der Waals surface area contributed by atoms with Crippen molar-refractivity contribution in [3.8, 4) is 16.9 Å². The van der Waals surface area contributed by atoms with Gasteiger partial charge in [0.2, 0.25) is 0 Å². The minimum absolute atomic E-state index is 0.0425. The number of piperazine rings is 1. The van der Waals surface area contributed by atoms with Crippen LogP contribution in [0.1, 0.15) is 5.56 Å². The third kappa shape index (κ3) is 4.22. The van der Waals surface area contributed by atoms with Crippen LogP contribution in [-0.4, -0.2) is 48.1 Å². The maximum atomic E-state index is 13.0. The monoisotopic (exact) mass is 434 g/mol. The van der Waals surface area contributed by atoms with Gasteiger partial charge in [-0.05, 0) is 42.0 Å². The number of nitrogens with one attached hydrogen (secondary N) is 2. The van der Waals surface area contributed by atoms with Crippen molar-refractivity contribution in [2.75, 3.05) is 31.5 Å². The Labute approximate surface area is 186 Å². The summed E-state index contributed by atoms with van der Waals surface area (Å²) in [5.41, 5.74) is 3.73. The number of aromatic nitrogens is 1. The first-order valence-electron chi connectivity index (χ1n) is 10.4. The summed E-state index contributed by atoms with van der Waals surface area (Å²) < 4.78 is 6.21. The number of para-hydroxylation sites is 1. The summed E-state index contributed by atoms with van der Waals surface area (Å²) in [7, 11) is 0. The summed E-state index contributed by atoms with van der Waals surface area (Å²) >= 11 is 6.43. The van der Waals surface area contributed by atoms with Gasteiger partial charge in [0.15, 0.2) is 6.10 Å². The summed E-state index contributed by atoms with van der Waals surface area (Å²) in [4.78, 5) is 19.3. The Bertz CT molecular complexity index is 1100. The molecule has 31 heavy (non-hydrogen) atoms. The van der Waals surface area contributed by atoms with E-state index in [1.54, 1.807) is 6.20 Å². The van der Waals surface area contributed by atoms with Crippen molar-refractivity contribution in [2.24, 2.45) is 0 Å². The van der Waals surface area contributed by atoms with E-state index in [0.29, 0.717) is 24.5 Å².